The Hall–Kier alpha value is -3.97. The maximum absolute atomic E-state index is 13.9. The molecule has 7 heteroatoms. The standard InChI is InChI=1S/C30H33N3O4/c1-5-25(32(19-10-20-36-3)29(34)22-17-15-21(2)16-18-22)28-31-24-12-7-6-11-23(24)30(35)33(28)26-13-8-9-14-27(26)37-4/h6-9,11-18,25H,5,10,19-20H2,1-4H3. The topological polar surface area (TPSA) is 73.7 Å². The minimum Gasteiger partial charge on any atom is -0.495 e. The van der Waals surface area contributed by atoms with Crippen molar-refractivity contribution in [3.63, 3.8) is 0 Å². The summed E-state index contributed by atoms with van der Waals surface area (Å²) >= 11 is 0. The third kappa shape index (κ3) is 5.42. The fourth-order valence-electron chi connectivity index (χ4n) is 4.60. The van der Waals surface area contributed by atoms with Crippen molar-refractivity contribution in [2.75, 3.05) is 27.4 Å². The van der Waals surface area contributed by atoms with Crippen molar-refractivity contribution in [3.8, 4) is 11.4 Å². The summed E-state index contributed by atoms with van der Waals surface area (Å²) in [6, 6.07) is 21.7. The van der Waals surface area contributed by atoms with Gasteiger partial charge in [0.25, 0.3) is 11.5 Å². The quantitative estimate of drug-likeness (QED) is 0.276. The molecule has 0 aliphatic rings. The molecule has 1 aromatic heterocycles. The van der Waals surface area contributed by atoms with E-state index in [4.69, 9.17) is 14.5 Å². The lowest BCUT2D eigenvalue weighted by atomic mass is 10.1. The van der Waals surface area contributed by atoms with Gasteiger partial charge in [-0.15, -0.1) is 0 Å². The van der Waals surface area contributed by atoms with E-state index in [1.165, 1.54) is 0 Å². The first-order valence-corrected chi connectivity index (χ1v) is 12.5. The maximum Gasteiger partial charge on any atom is 0.266 e. The zero-order chi connectivity index (χ0) is 26.4. The van der Waals surface area contributed by atoms with Gasteiger partial charge in [0.2, 0.25) is 0 Å². The number of methoxy groups -OCH3 is 2. The van der Waals surface area contributed by atoms with Gasteiger partial charge in [0, 0.05) is 25.8 Å². The second-order valence-corrected chi connectivity index (χ2v) is 8.93. The first-order valence-electron chi connectivity index (χ1n) is 12.5. The van der Waals surface area contributed by atoms with Crippen LogP contribution in [0.4, 0.5) is 0 Å². The predicted molar refractivity (Wildman–Crippen MR) is 146 cm³/mol. The molecule has 1 atom stereocenters. The van der Waals surface area contributed by atoms with E-state index in [2.05, 4.69) is 0 Å². The molecule has 0 spiro atoms. The number of hydrogen-bond acceptors (Lipinski definition) is 5. The van der Waals surface area contributed by atoms with Gasteiger partial charge in [0.05, 0.1) is 29.7 Å². The SMILES string of the molecule is CCC(c1nc2ccccc2c(=O)n1-c1ccccc1OC)N(CCCOC)C(=O)c1ccc(C)cc1. The summed E-state index contributed by atoms with van der Waals surface area (Å²) < 4.78 is 12.5. The molecular formula is C30H33N3O4. The molecule has 7 nitrogen and oxygen atoms in total. The molecular weight excluding hydrogens is 466 g/mol. The predicted octanol–water partition coefficient (Wildman–Crippen LogP) is 5.33. The number of aromatic nitrogens is 2. The van der Waals surface area contributed by atoms with Crippen LogP contribution in [0.3, 0.4) is 0 Å². The molecule has 1 amide bonds. The van der Waals surface area contributed by atoms with E-state index in [1.54, 1.807) is 24.9 Å². The highest BCUT2D eigenvalue weighted by atomic mass is 16.5. The van der Waals surface area contributed by atoms with Crippen LogP contribution < -0.4 is 10.3 Å². The summed E-state index contributed by atoms with van der Waals surface area (Å²) in [5, 5.41) is 0.503. The average Bonchev–Trinajstić information content (AvgIpc) is 2.93. The number of fused-ring (bicyclic) bond motifs is 1. The molecule has 0 N–H and O–H groups in total. The summed E-state index contributed by atoms with van der Waals surface area (Å²) in [4.78, 5) is 34.6. The summed E-state index contributed by atoms with van der Waals surface area (Å²) in [5.41, 5.74) is 2.64. The number of para-hydroxylation sites is 3. The molecule has 1 heterocycles. The van der Waals surface area contributed by atoms with Crippen LogP contribution in [0.2, 0.25) is 0 Å². The normalized spacial score (nSPS) is 11.9. The highest BCUT2D eigenvalue weighted by Crippen LogP contribution is 2.30. The van der Waals surface area contributed by atoms with E-state index in [0.29, 0.717) is 59.7 Å². The number of carbonyl (C=O) groups excluding carboxylic acids is 1. The maximum atomic E-state index is 13.9. The van der Waals surface area contributed by atoms with Gasteiger partial charge in [-0.2, -0.15) is 0 Å². The number of amides is 1. The van der Waals surface area contributed by atoms with Crippen molar-refractivity contribution in [1.29, 1.82) is 0 Å². The Labute approximate surface area is 217 Å². The molecule has 0 bridgehead atoms. The summed E-state index contributed by atoms with van der Waals surface area (Å²) in [6.07, 6.45) is 1.21. The van der Waals surface area contributed by atoms with Crippen LogP contribution in [0.1, 0.15) is 47.6 Å². The Balaban J connectivity index is 1.94. The second-order valence-electron chi connectivity index (χ2n) is 8.93. The van der Waals surface area contributed by atoms with E-state index in [1.807, 2.05) is 85.5 Å². The first kappa shape index (κ1) is 26.1. The van der Waals surface area contributed by atoms with E-state index in [0.717, 1.165) is 5.56 Å². The summed E-state index contributed by atoms with van der Waals surface area (Å²) in [6.45, 7) is 4.96. The second kappa shape index (κ2) is 11.8. The Morgan fingerprint density at radius 3 is 2.41 bits per heavy atom. The van der Waals surface area contributed by atoms with Gasteiger partial charge in [-0.05, 0) is 56.2 Å². The van der Waals surface area contributed by atoms with Crippen LogP contribution in [0.5, 0.6) is 5.75 Å². The fraction of sp³-hybridized carbons (Fsp3) is 0.300. The van der Waals surface area contributed by atoms with E-state index >= 15 is 0 Å². The minimum atomic E-state index is -0.465. The van der Waals surface area contributed by atoms with Crippen molar-refractivity contribution in [3.05, 3.63) is 100 Å². The molecule has 0 radical (unpaired) electrons. The molecule has 37 heavy (non-hydrogen) atoms. The molecule has 0 saturated heterocycles. The lowest BCUT2D eigenvalue weighted by molar-refractivity contribution is 0.0634. The van der Waals surface area contributed by atoms with Gasteiger partial charge < -0.3 is 14.4 Å². The van der Waals surface area contributed by atoms with Gasteiger partial charge in [-0.1, -0.05) is 48.9 Å². The van der Waals surface area contributed by atoms with Crippen LogP contribution in [-0.4, -0.2) is 47.7 Å². The van der Waals surface area contributed by atoms with Crippen LogP contribution in [0.25, 0.3) is 16.6 Å². The Morgan fingerprint density at radius 2 is 1.70 bits per heavy atom. The Morgan fingerprint density at radius 1 is 1.00 bits per heavy atom. The molecule has 4 aromatic rings. The molecule has 0 fully saturated rings. The van der Waals surface area contributed by atoms with Crippen molar-refractivity contribution in [2.45, 2.75) is 32.7 Å². The highest BCUT2D eigenvalue weighted by molar-refractivity contribution is 5.94. The van der Waals surface area contributed by atoms with E-state index < -0.39 is 6.04 Å². The van der Waals surface area contributed by atoms with Gasteiger partial charge in [-0.3, -0.25) is 14.2 Å². The zero-order valence-corrected chi connectivity index (χ0v) is 21.8. The summed E-state index contributed by atoms with van der Waals surface area (Å²) in [5.74, 6) is 0.930. The molecule has 0 saturated carbocycles. The van der Waals surface area contributed by atoms with Gasteiger partial charge >= 0.3 is 0 Å². The van der Waals surface area contributed by atoms with Crippen molar-refractivity contribution < 1.29 is 14.3 Å². The molecule has 0 aliphatic carbocycles. The lowest BCUT2D eigenvalue weighted by Gasteiger charge is -2.32. The van der Waals surface area contributed by atoms with Crippen molar-refractivity contribution in [2.24, 2.45) is 0 Å². The fourth-order valence-corrected chi connectivity index (χ4v) is 4.60. The van der Waals surface area contributed by atoms with Crippen LogP contribution in [0, 0.1) is 6.92 Å². The number of ether oxygens (including phenoxy) is 2. The van der Waals surface area contributed by atoms with Gasteiger partial charge in [-0.25, -0.2) is 4.98 Å². The first-order chi connectivity index (χ1) is 18.0. The minimum absolute atomic E-state index is 0.114. The average molecular weight is 500 g/mol. The van der Waals surface area contributed by atoms with Gasteiger partial charge in [0.1, 0.15) is 11.6 Å². The number of nitrogens with zero attached hydrogens (tertiary/aromatic N) is 3. The Kier molecular flexibility index (Phi) is 8.36. The molecule has 0 aliphatic heterocycles. The number of benzene rings is 3. The van der Waals surface area contributed by atoms with Crippen LogP contribution in [0.15, 0.2) is 77.6 Å². The molecule has 192 valence electrons. The van der Waals surface area contributed by atoms with Crippen molar-refractivity contribution in [1.82, 2.24) is 14.5 Å². The monoisotopic (exact) mass is 499 g/mol. The van der Waals surface area contributed by atoms with E-state index in [9.17, 15) is 9.59 Å². The molecule has 4 rings (SSSR count). The van der Waals surface area contributed by atoms with E-state index in [-0.39, 0.29) is 11.5 Å². The number of aryl methyl sites for hydroxylation is 1. The zero-order valence-electron chi connectivity index (χ0n) is 21.8. The van der Waals surface area contributed by atoms with Crippen LogP contribution >= 0.6 is 0 Å². The summed E-state index contributed by atoms with van der Waals surface area (Å²) in [7, 11) is 3.22. The highest BCUT2D eigenvalue weighted by Gasteiger charge is 2.30. The number of carbonyl (C=O) groups is 1. The molecule has 1 unspecified atom stereocenters. The molecule has 3 aromatic carbocycles. The Bertz CT molecular complexity index is 1430. The lowest BCUT2D eigenvalue weighted by Crippen LogP contribution is -2.39. The van der Waals surface area contributed by atoms with Crippen LogP contribution in [-0.2, 0) is 4.74 Å². The van der Waals surface area contributed by atoms with Crippen molar-refractivity contribution >= 4 is 16.8 Å². The van der Waals surface area contributed by atoms with Gasteiger partial charge in [0.15, 0.2) is 0 Å². The third-order valence-electron chi connectivity index (χ3n) is 6.50. The number of hydrogen-bond donors (Lipinski definition) is 0. The number of rotatable bonds is 10. The largest absolute Gasteiger partial charge is 0.495 e. The third-order valence-corrected chi connectivity index (χ3v) is 6.50. The smallest absolute Gasteiger partial charge is 0.266 e.